The van der Waals surface area contributed by atoms with Gasteiger partial charge in [0.1, 0.15) is 0 Å². The molecule has 10 heteroatoms. The standard InChI is InChI=1S/C70H36N10/c1-74-52-33-51(42-73)69(62(38-52)76-3)48-25-28-66-57(35-48)54-21-10-12-23-63(54)79(66)53-20-14-19-46(34-53)56-37-49(70-77-59(44-15-6-4-7-16-44)39-60(78-70)45-17-8-5-9-18-45)27-30-65(56)80-64-24-13-11-22-55(64)58-36-47(26-29-67(58)80)68-50(41-72)31-43(40-71)32-61(68)75-2/h4-39H. The Labute approximate surface area is 459 Å². The fourth-order valence-corrected chi connectivity index (χ4v) is 11.1. The lowest BCUT2D eigenvalue weighted by molar-refractivity contribution is 1.16. The summed E-state index contributed by atoms with van der Waals surface area (Å²) in [5.74, 6) is 0.551. The van der Waals surface area contributed by atoms with E-state index in [1.54, 1.807) is 12.1 Å². The number of hydrogen-bond acceptors (Lipinski definition) is 5. The molecule has 10 nitrogen and oxygen atoms in total. The Kier molecular flexibility index (Phi) is 11.6. The van der Waals surface area contributed by atoms with Crippen molar-refractivity contribution in [2.45, 2.75) is 0 Å². The molecule has 0 N–H and O–H groups in total. The zero-order valence-corrected chi connectivity index (χ0v) is 42.3. The van der Waals surface area contributed by atoms with E-state index in [4.69, 9.17) is 29.7 Å². The van der Waals surface area contributed by atoms with Crippen LogP contribution in [-0.4, -0.2) is 19.1 Å². The van der Waals surface area contributed by atoms with Gasteiger partial charge in [0, 0.05) is 71.7 Å². The maximum absolute atomic E-state index is 10.3. The second-order valence-electron chi connectivity index (χ2n) is 19.1. The van der Waals surface area contributed by atoms with Gasteiger partial charge in [-0.3, -0.25) is 0 Å². The van der Waals surface area contributed by atoms with Gasteiger partial charge < -0.3 is 9.13 Å². The number of rotatable bonds is 8. The molecule has 0 amide bonds. The average molecular weight is 1020 g/mol. The lowest BCUT2D eigenvalue weighted by atomic mass is 9.95. The van der Waals surface area contributed by atoms with Crippen molar-refractivity contribution in [2.24, 2.45) is 0 Å². The number of hydrogen-bond donors (Lipinski definition) is 0. The second kappa shape index (κ2) is 19.5. The number of benzene rings is 10. The minimum Gasteiger partial charge on any atom is -0.309 e. The molecular weight excluding hydrogens is 981 g/mol. The predicted octanol–water partition coefficient (Wildman–Crippen LogP) is 17.9. The van der Waals surface area contributed by atoms with Gasteiger partial charge in [-0.05, 0) is 108 Å². The molecule has 0 saturated carbocycles. The van der Waals surface area contributed by atoms with E-state index in [1.807, 2.05) is 103 Å². The molecule has 0 aliphatic heterocycles. The van der Waals surface area contributed by atoms with Crippen molar-refractivity contribution in [3.63, 3.8) is 0 Å². The predicted molar refractivity (Wildman–Crippen MR) is 316 cm³/mol. The maximum atomic E-state index is 10.3. The summed E-state index contributed by atoms with van der Waals surface area (Å²) in [5, 5.41) is 34.2. The molecule has 13 aromatic rings. The molecule has 80 heavy (non-hydrogen) atoms. The van der Waals surface area contributed by atoms with Gasteiger partial charge in [-0.2, -0.15) is 15.8 Å². The first-order valence-electron chi connectivity index (χ1n) is 25.4. The topological polar surface area (TPSA) is 120 Å². The van der Waals surface area contributed by atoms with E-state index in [-0.39, 0.29) is 33.8 Å². The molecule has 0 unspecified atom stereocenters. The highest BCUT2D eigenvalue weighted by molar-refractivity contribution is 6.13. The zero-order valence-electron chi connectivity index (χ0n) is 42.3. The molecule has 10 aromatic carbocycles. The van der Waals surface area contributed by atoms with E-state index in [0.29, 0.717) is 28.1 Å². The number of nitriles is 3. The summed E-state index contributed by atoms with van der Waals surface area (Å²) in [6.45, 7) is 23.7. The summed E-state index contributed by atoms with van der Waals surface area (Å²) in [6.07, 6.45) is 0. The molecule has 366 valence electrons. The van der Waals surface area contributed by atoms with Crippen LogP contribution in [0.3, 0.4) is 0 Å². The van der Waals surface area contributed by atoms with Gasteiger partial charge in [0.25, 0.3) is 0 Å². The summed E-state index contributed by atoms with van der Waals surface area (Å²) in [7, 11) is 0. The Morgan fingerprint density at radius 1 is 0.375 bits per heavy atom. The van der Waals surface area contributed by atoms with Crippen LogP contribution < -0.4 is 0 Å². The van der Waals surface area contributed by atoms with Crippen LogP contribution in [0.2, 0.25) is 0 Å². The Hall–Kier alpha value is -12.2. The summed E-state index contributed by atoms with van der Waals surface area (Å²) in [6, 6.07) is 78.3. The lowest BCUT2D eigenvalue weighted by Crippen LogP contribution is -2.01. The highest BCUT2D eigenvalue weighted by Crippen LogP contribution is 2.45. The van der Waals surface area contributed by atoms with Gasteiger partial charge in [-0.25, -0.2) is 24.5 Å². The van der Waals surface area contributed by atoms with Gasteiger partial charge in [0.15, 0.2) is 22.9 Å². The van der Waals surface area contributed by atoms with Crippen molar-refractivity contribution in [3.05, 3.63) is 269 Å². The first kappa shape index (κ1) is 47.5. The molecule has 13 rings (SSSR count). The van der Waals surface area contributed by atoms with Gasteiger partial charge in [0.2, 0.25) is 0 Å². The van der Waals surface area contributed by atoms with E-state index in [2.05, 4.69) is 133 Å². The van der Waals surface area contributed by atoms with E-state index < -0.39 is 0 Å². The average Bonchev–Trinajstić information content (AvgIpc) is 4.09. The summed E-state index contributed by atoms with van der Waals surface area (Å²) >= 11 is 0. The van der Waals surface area contributed by atoms with Gasteiger partial charge >= 0.3 is 0 Å². The minimum absolute atomic E-state index is 0.230. The fourth-order valence-electron chi connectivity index (χ4n) is 11.1. The van der Waals surface area contributed by atoms with Crippen molar-refractivity contribution >= 4 is 60.7 Å². The zero-order chi connectivity index (χ0) is 54.4. The van der Waals surface area contributed by atoms with Crippen molar-refractivity contribution in [3.8, 4) is 96.9 Å². The monoisotopic (exact) mass is 1020 g/mol. The molecule has 0 aliphatic carbocycles. The van der Waals surface area contributed by atoms with Gasteiger partial charge in [-0.15, -0.1) is 0 Å². The van der Waals surface area contributed by atoms with Gasteiger partial charge in [0.05, 0.1) is 82.6 Å². The maximum Gasteiger partial charge on any atom is 0.197 e. The first-order valence-corrected chi connectivity index (χ1v) is 25.4. The third-order valence-electron chi connectivity index (χ3n) is 14.7. The molecule has 3 aromatic heterocycles. The van der Waals surface area contributed by atoms with E-state index in [0.717, 1.165) is 94.2 Å². The highest BCUT2D eigenvalue weighted by atomic mass is 15.0. The molecule has 0 fully saturated rings. The third-order valence-corrected chi connectivity index (χ3v) is 14.7. The number of nitrogens with zero attached hydrogens (tertiary/aromatic N) is 10. The summed E-state index contributed by atoms with van der Waals surface area (Å²) in [4.78, 5) is 21.6. The van der Waals surface area contributed by atoms with Crippen molar-refractivity contribution in [1.29, 1.82) is 15.8 Å². The van der Waals surface area contributed by atoms with Crippen LogP contribution in [0.5, 0.6) is 0 Å². The van der Waals surface area contributed by atoms with Crippen LogP contribution in [0.1, 0.15) is 16.7 Å². The largest absolute Gasteiger partial charge is 0.309 e. The second-order valence-corrected chi connectivity index (χ2v) is 19.1. The Morgan fingerprint density at radius 2 is 0.900 bits per heavy atom. The highest BCUT2D eigenvalue weighted by Gasteiger charge is 2.23. The quantitative estimate of drug-likeness (QED) is 0.140. The third kappa shape index (κ3) is 7.92. The van der Waals surface area contributed by atoms with Crippen LogP contribution in [0.4, 0.5) is 17.1 Å². The molecule has 0 saturated heterocycles. The SMILES string of the molecule is [C-]#[N+]c1cc(C#N)c(-c2ccc3c(c2)c2ccccc2n3-c2cccc(-c3cc(-c4nc(-c5ccccc5)cc(-c5ccccc5)n4)ccc3-n3c4ccccc4c4cc(-c5c(C#N)cc(C#N)cc5[N+]#[C-])ccc43)c2)c([N+]#[C-])c1. The summed E-state index contributed by atoms with van der Waals surface area (Å²) in [5.41, 5.74) is 15.4. The Bertz CT molecular complexity index is 4900. The lowest BCUT2D eigenvalue weighted by Gasteiger charge is -2.18. The summed E-state index contributed by atoms with van der Waals surface area (Å²) < 4.78 is 4.50. The first-order chi connectivity index (χ1) is 39.4. The van der Waals surface area contributed by atoms with E-state index >= 15 is 0 Å². The molecule has 0 aliphatic rings. The van der Waals surface area contributed by atoms with Crippen molar-refractivity contribution in [2.75, 3.05) is 0 Å². The van der Waals surface area contributed by atoms with E-state index in [1.165, 1.54) is 12.1 Å². The van der Waals surface area contributed by atoms with Crippen LogP contribution >= 0.6 is 0 Å². The number of aromatic nitrogens is 4. The molecule has 0 radical (unpaired) electrons. The number of para-hydroxylation sites is 2. The van der Waals surface area contributed by atoms with E-state index in [9.17, 15) is 15.8 Å². The molecule has 0 bridgehead atoms. The number of fused-ring (bicyclic) bond motifs is 6. The van der Waals surface area contributed by atoms with Gasteiger partial charge in [-0.1, -0.05) is 127 Å². The minimum atomic E-state index is 0.230. The Morgan fingerprint density at radius 3 is 1.49 bits per heavy atom. The van der Waals surface area contributed by atoms with Crippen molar-refractivity contribution < 1.29 is 0 Å². The van der Waals surface area contributed by atoms with Crippen LogP contribution in [0, 0.1) is 53.7 Å². The Balaban J connectivity index is 1.05. The molecule has 0 spiro atoms. The van der Waals surface area contributed by atoms with Crippen molar-refractivity contribution in [1.82, 2.24) is 19.1 Å². The fraction of sp³-hybridized carbons (Fsp3) is 0. The molecule has 3 heterocycles. The van der Waals surface area contributed by atoms with Crippen LogP contribution in [0.15, 0.2) is 218 Å². The molecular formula is C70H36N10. The molecule has 0 atom stereocenters. The smallest absolute Gasteiger partial charge is 0.197 e. The van der Waals surface area contributed by atoms with Crippen LogP contribution in [-0.2, 0) is 0 Å². The van der Waals surface area contributed by atoms with Crippen LogP contribution in [0.25, 0.3) is 137 Å². The normalized spacial score (nSPS) is 10.9.